The third-order valence-corrected chi connectivity index (χ3v) is 4.41. The van der Waals surface area contributed by atoms with E-state index in [1.54, 1.807) is 30.5 Å². The fourth-order valence-corrected chi connectivity index (χ4v) is 3.07. The second-order valence-electron chi connectivity index (χ2n) is 4.80. The lowest BCUT2D eigenvalue weighted by Crippen LogP contribution is -2.12. The Kier molecular flexibility index (Phi) is 4.88. The van der Waals surface area contributed by atoms with Crippen molar-refractivity contribution in [2.75, 3.05) is 5.32 Å². The Bertz CT molecular complexity index is 817. The van der Waals surface area contributed by atoms with Crippen LogP contribution in [0.2, 0.25) is 0 Å². The predicted octanol–water partition coefficient (Wildman–Crippen LogP) is 4.88. The second kappa shape index (κ2) is 7.06. The maximum atomic E-state index is 13.7. The van der Waals surface area contributed by atoms with E-state index in [2.05, 4.69) is 26.2 Å². The predicted molar refractivity (Wildman–Crippen MR) is 90.9 cm³/mol. The van der Waals surface area contributed by atoms with Gasteiger partial charge in [0.25, 0.3) is 0 Å². The van der Waals surface area contributed by atoms with Crippen LogP contribution in [0.15, 0.2) is 50.9 Å². The number of aromatic nitrogens is 1. The molecule has 0 atom stereocenters. The summed E-state index contributed by atoms with van der Waals surface area (Å²) in [4.78, 5) is 16.2. The Morgan fingerprint density at radius 2 is 2.26 bits per heavy atom. The number of carbonyl (C=O) groups is 1. The fraction of sp³-hybridized carbons (Fsp3) is 0.125. The Balaban J connectivity index is 1.57. The summed E-state index contributed by atoms with van der Waals surface area (Å²) in [6.45, 7) is 0. The lowest BCUT2D eigenvalue weighted by Gasteiger charge is -2.04. The summed E-state index contributed by atoms with van der Waals surface area (Å²) >= 11 is 4.52. The van der Waals surface area contributed by atoms with Crippen LogP contribution in [0, 0.1) is 5.82 Å². The molecule has 0 unspecified atom stereocenters. The molecule has 2 heterocycles. The molecule has 118 valence electrons. The van der Waals surface area contributed by atoms with Crippen molar-refractivity contribution in [1.82, 2.24) is 4.98 Å². The van der Waals surface area contributed by atoms with Crippen LogP contribution in [-0.4, -0.2) is 10.9 Å². The summed E-state index contributed by atoms with van der Waals surface area (Å²) in [6, 6.07) is 8.40. The molecule has 23 heavy (non-hydrogen) atoms. The minimum Gasteiger partial charge on any atom is -0.463 e. The van der Waals surface area contributed by atoms with Crippen LogP contribution in [0.1, 0.15) is 12.0 Å². The van der Waals surface area contributed by atoms with Gasteiger partial charge in [0.15, 0.2) is 10.9 Å². The average molecular weight is 395 g/mol. The number of furan rings is 1. The van der Waals surface area contributed by atoms with E-state index >= 15 is 0 Å². The minimum atomic E-state index is -0.318. The summed E-state index contributed by atoms with van der Waals surface area (Å²) in [5, 5.41) is 5.03. The summed E-state index contributed by atoms with van der Waals surface area (Å²) in [5.74, 6) is 0.132. The number of halogens is 2. The van der Waals surface area contributed by atoms with Gasteiger partial charge in [0, 0.05) is 16.3 Å². The van der Waals surface area contributed by atoms with E-state index in [0.717, 1.165) is 0 Å². The SMILES string of the molecule is O=C(CCc1ccc(Br)cc1F)Nc1nc(-c2ccco2)cs1. The van der Waals surface area contributed by atoms with Gasteiger partial charge in [-0.05, 0) is 36.2 Å². The van der Waals surface area contributed by atoms with Gasteiger partial charge in [0.05, 0.1) is 6.26 Å². The van der Waals surface area contributed by atoms with Gasteiger partial charge < -0.3 is 9.73 Å². The van der Waals surface area contributed by atoms with E-state index in [4.69, 9.17) is 4.42 Å². The van der Waals surface area contributed by atoms with Crippen LogP contribution < -0.4 is 5.32 Å². The molecule has 0 aliphatic rings. The molecule has 1 N–H and O–H groups in total. The molecule has 0 bridgehead atoms. The summed E-state index contributed by atoms with van der Waals surface area (Å²) in [7, 11) is 0. The van der Waals surface area contributed by atoms with Gasteiger partial charge in [-0.1, -0.05) is 22.0 Å². The standard InChI is InChI=1S/C16H12BrFN2O2S/c17-11-5-3-10(12(18)8-11)4-6-15(21)20-16-19-13(9-23-16)14-2-1-7-22-14/h1-3,5,7-9H,4,6H2,(H,19,20,21). The molecule has 1 amide bonds. The monoisotopic (exact) mass is 394 g/mol. The molecule has 0 fully saturated rings. The van der Waals surface area contributed by atoms with Gasteiger partial charge in [-0.25, -0.2) is 9.37 Å². The molecular formula is C16H12BrFN2O2S. The number of nitrogens with zero attached hydrogens (tertiary/aromatic N) is 1. The van der Waals surface area contributed by atoms with Crippen LogP contribution in [0.3, 0.4) is 0 Å². The Hall–Kier alpha value is -1.99. The summed E-state index contributed by atoms with van der Waals surface area (Å²) in [6.07, 6.45) is 2.09. The quantitative estimate of drug-likeness (QED) is 0.670. The molecule has 0 radical (unpaired) electrons. The zero-order chi connectivity index (χ0) is 16.2. The first-order chi connectivity index (χ1) is 11.1. The van der Waals surface area contributed by atoms with Crippen molar-refractivity contribution in [1.29, 1.82) is 0 Å². The Morgan fingerprint density at radius 1 is 1.39 bits per heavy atom. The van der Waals surface area contributed by atoms with E-state index in [9.17, 15) is 9.18 Å². The van der Waals surface area contributed by atoms with Gasteiger partial charge in [0.1, 0.15) is 11.5 Å². The van der Waals surface area contributed by atoms with Crippen molar-refractivity contribution in [3.8, 4) is 11.5 Å². The fourth-order valence-electron chi connectivity index (χ4n) is 2.02. The molecule has 0 aliphatic carbocycles. The topological polar surface area (TPSA) is 55.1 Å². The maximum Gasteiger partial charge on any atom is 0.226 e. The number of benzene rings is 1. The van der Waals surface area contributed by atoms with E-state index in [1.165, 1.54) is 17.4 Å². The van der Waals surface area contributed by atoms with Gasteiger partial charge in [-0.3, -0.25) is 4.79 Å². The number of amides is 1. The van der Waals surface area contributed by atoms with Crippen LogP contribution in [0.25, 0.3) is 11.5 Å². The largest absolute Gasteiger partial charge is 0.463 e. The van der Waals surface area contributed by atoms with Crippen molar-refractivity contribution < 1.29 is 13.6 Å². The van der Waals surface area contributed by atoms with Crippen molar-refractivity contribution in [2.24, 2.45) is 0 Å². The highest BCUT2D eigenvalue weighted by Gasteiger charge is 2.11. The van der Waals surface area contributed by atoms with Gasteiger partial charge in [-0.2, -0.15) is 0 Å². The van der Waals surface area contributed by atoms with Crippen molar-refractivity contribution in [3.63, 3.8) is 0 Å². The van der Waals surface area contributed by atoms with Crippen LogP contribution >= 0.6 is 27.3 Å². The first-order valence-corrected chi connectivity index (χ1v) is 8.52. The maximum absolute atomic E-state index is 13.7. The van der Waals surface area contributed by atoms with Crippen LogP contribution in [0.5, 0.6) is 0 Å². The van der Waals surface area contributed by atoms with Gasteiger partial charge >= 0.3 is 0 Å². The molecular weight excluding hydrogens is 383 g/mol. The van der Waals surface area contributed by atoms with Gasteiger partial charge in [0.2, 0.25) is 5.91 Å². The highest BCUT2D eigenvalue weighted by atomic mass is 79.9. The molecule has 0 spiro atoms. The molecule has 0 saturated carbocycles. The number of carbonyl (C=O) groups excluding carboxylic acids is 1. The molecule has 1 aromatic carbocycles. The van der Waals surface area contributed by atoms with E-state index in [-0.39, 0.29) is 18.1 Å². The number of nitrogens with one attached hydrogen (secondary N) is 1. The Morgan fingerprint density at radius 3 is 3.00 bits per heavy atom. The lowest BCUT2D eigenvalue weighted by atomic mass is 10.1. The van der Waals surface area contributed by atoms with E-state index < -0.39 is 0 Å². The molecule has 0 aliphatic heterocycles. The molecule has 3 rings (SSSR count). The Labute approximate surface area is 144 Å². The van der Waals surface area contributed by atoms with Crippen molar-refractivity contribution >= 4 is 38.3 Å². The summed E-state index contributed by atoms with van der Waals surface area (Å²) in [5.41, 5.74) is 1.19. The van der Waals surface area contributed by atoms with Gasteiger partial charge in [-0.15, -0.1) is 11.3 Å². The zero-order valence-corrected chi connectivity index (χ0v) is 14.3. The smallest absolute Gasteiger partial charge is 0.226 e. The molecule has 2 aromatic heterocycles. The molecule has 7 heteroatoms. The second-order valence-corrected chi connectivity index (χ2v) is 6.57. The summed E-state index contributed by atoms with van der Waals surface area (Å²) < 4.78 is 19.6. The molecule has 4 nitrogen and oxygen atoms in total. The molecule has 0 saturated heterocycles. The third-order valence-electron chi connectivity index (χ3n) is 3.16. The van der Waals surface area contributed by atoms with E-state index in [0.29, 0.717) is 33.0 Å². The van der Waals surface area contributed by atoms with Crippen molar-refractivity contribution in [2.45, 2.75) is 12.8 Å². The van der Waals surface area contributed by atoms with Crippen LogP contribution in [-0.2, 0) is 11.2 Å². The molecule has 3 aromatic rings. The minimum absolute atomic E-state index is 0.189. The number of hydrogen-bond donors (Lipinski definition) is 1. The normalized spacial score (nSPS) is 10.7. The highest BCUT2D eigenvalue weighted by molar-refractivity contribution is 9.10. The first kappa shape index (κ1) is 15.9. The number of thiazole rings is 1. The number of aryl methyl sites for hydroxylation is 1. The zero-order valence-electron chi connectivity index (χ0n) is 11.9. The third kappa shape index (κ3) is 4.05. The lowest BCUT2D eigenvalue weighted by molar-refractivity contribution is -0.116. The number of rotatable bonds is 5. The first-order valence-electron chi connectivity index (χ1n) is 6.85. The highest BCUT2D eigenvalue weighted by Crippen LogP contribution is 2.25. The number of hydrogen-bond acceptors (Lipinski definition) is 4. The van der Waals surface area contributed by atoms with E-state index in [1.807, 2.05) is 5.38 Å². The average Bonchev–Trinajstić information content (AvgIpc) is 3.17. The van der Waals surface area contributed by atoms with Crippen LogP contribution in [0.4, 0.5) is 9.52 Å². The van der Waals surface area contributed by atoms with Crippen molar-refractivity contribution in [3.05, 3.63) is 57.8 Å². The number of anilines is 1.